The average Bonchev–Trinajstić information content (AvgIpc) is 2.87. The molecule has 0 saturated carbocycles. The largest absolute Gasteiger partial charge is 0.497 e. The number of aliphatic hydroxyl groups excluding tert-OH is 1. The number of benzene rings is 3. The van der Waals surface area contributed by atoms with Crippen molar-refractivity contribution >= 4 is 11.8 Å². The van der Waals surface area contributed by atoms with Crippen LogP contribution in [0, 0.1) is 0 Å². The maximum Gasteiger partial charge on any atom is 0.247 e. The zero-order valence-corrected chi connectivity index (χ0v) is 18.8. The van der Waals surface area contributed by atoms with E-state index in [9.17, 15) is 14.7 Å². The molecule has 6 heteroatoms. The molecule has 3 aromatic carbocycles. The van der Waals surface area contributed by atoms with Crippen molar-refractivity contribution in [3.63, 3.8) is 0 Å². The molecule has 0 saturated heterocycles. The van der Waals surface area contributed by atoms with Gasteiger partial charge in [0.25, 0.3) is 0 Å². The van der Waals surface area contributed by atoms with Gasteiger partial charge < -0.3 is 20.1 Å². The van der Waals surface area contributed by atoms with E-state index < -0.39 is 6.04 Å². The van der Waals surface area contributed by atoms with E-state index in [0.717, 1.165) is 22.4 Å². The molecule has 3 aromatic rings. The fraction of sp³-hybridized carbons (Fsp3) is 0.259. The SMILES string of the molecule is COc1ccc(CN(C(=O)CCc2ccccc2)C(C(=O)NCCO)c2ccccc2)cc1. The van der Waals surface area contributed by atoms with E-state index in [1.165, 1.54) is 0 Å². The van der Waals surface area contributed by atoms with Gasteiger partial charge in [-0.25, -0.2) is 0 Å². The van der Waals surface area contributed by atoms with E-state index in [-0.39, 0.29) is 37.9 Å². The minimum atomic E-state index is -0.817. The van der Waals surface area contributed by atoms with E-state index in [1.54, 1.807) is 12.0 Å². The van der Waals surface area contributed by atoms with Crippen LogP contribution < -0.4 is 10.1 Å². The van der Waals surface area contributed by atoms with Crippen LogP contribution in [0.4, 0.5) is 0 Å². The number of hydrogen-bond acceptors (Lipinski definition) is 4. The molecule has 3 rings (SSSR count). The number of nitrogens with one attached hydrogen (secondary N) is 1. The summed E-state index contributed by atoms with van der Waals surface area (Å²) >= 11 is 0. The number of hydrogen-bond donors (Lipinski definition) is 2. The second kappa shape index (κ2) is 12.4. The Hall–Kier alpha value is -3.64. The highest BCUT2D eigenvalue weighted by molar-refractivity contribution is 5.88. The third kappa shape index (κ3) is 6.92. The van der Waals surface area contributed by atoms with Gasteiger partial charge in [-0.1, -0.05) is 72.8 Å². The molecule has 0 fully saturated rings. The molecule has 0 aromatic heterocycles. The third-order valence-electron chi connectivity index (χ3n) is 5.39. The van der Waals surface area contributed by atoms with Crippen LogP contribution in [0.15, 0.2) is 84.9 Å². The fourth-order valence-electron chi connectivity index (χ4n) is 3.67. The first-order chi connectivity index (χ1) is 16.1. The Morgan fingerprint density at radius 3 is 2.15 bits per heavy atom. The summed E-state index contributed by atoms with van der Waals surface area (Å²) < 4.78 is 5.24. The molecule has 0 radical (unpaired) electrons. The van der Waals surface area contributed by atoms with Gasteiger partial charge in [0.1, 0.15) is 11.8 Å². The van der Waals surface area contributed by atoms with Crippen molar-refractivity contribution in [3.8, 4) is 5.75 Å². The summed E-state index contributed by atoms with van der Waals surface area (Å²) in [6.07, 6.45) is 0.856. The molecule has 0 heterocycles. The molecule has 33 heavy (non-hydrogen) atoms. The Morgan fingerprint density at radius 1 is 0.909 bits per heavy atom. The number of carbonyl (C=O) groups is 2. The van der Waals surface area contributed by atoms with E-state index in [2.05, 4.69) is 5.32 Å². The molecule has 0 aliphatic carbocycles. The first kappa shape index (κ1) is 24.0. The van der Waals surface area contributed by atoms with Crippen molar-refractivity contribution in [1.82, 2.24) is 10.2 Å². The maximum atomic E-state index is 13.5. The number of amides is 2. The number of aliphatic hydroxyl groups is 1. The van der Waals surface area contributed by atoms with Gasteiger partial charge in [0.15, 0.2) is 0 Å². The van der Waals surface area contributed by atoms with E-state index in [0.29, 0.717) is 6.42 Å². The van der Waals surface area contributed by atoms with Crippen LogP contribution in [-0.4, -0.2) is 42.1 Å². The number of carbonyl (C=O) groups excluding carboxylic acids is 2. The minimum absolute atomic E-state index is 0.122. The second-order valence-corrected chi connectivity index (χ2v) is 7.68. The minimum Gasteiger partial charge on any atom is -0.497 e. The summed E-state index contributed by atoms with van der Waals surface area (Å²) in [5, 5.41) is 11.9. The van der Waals surface area contributed by atoms with Crippen molar-refractivity contribution in [2.45, 2.75) is 25.4 Å². The maximum absolute atomic E-state index is 13.5. The van der Waals surface area contributed by atoms with Crippen LogP contribution in [0.3, 0.4) is 0 Å². The van der Waals surface area contributed by atoms with Crippen LogP contribution in [0.1, 0.15) is 29.2 Å². The summed E-state index contributed by atoms with van der Waals surface area (Å²) in [5.74, 6) is 0.278. The molecular formula is C27H30N2O4. The third-order valence-corrected chi connectivity index (χ3v) is 5.39. The predicted molar refractivity (Wildman–Crippen MR) is 128 cm³/mol. The fourth-order valence-corrected chi connectivity index (χ4v) is 3.67. The van der Waals surface area contributed by atoms with Crippen LogP contribution in [-0.2, 0) is 22.6 Å². The Kier molecular flexibility index (Phi) is 9.03. The summed E-state index contributed by atoms with van der Waals surface area (Å²) in [6.45, 7) is 0.216. The first-order valence-electron chi connectivity index (χ1n) is 11.0. The monoisotopic (exact) mass is 446 g/mol. The zero-order valence-electron chi connectivity index (χ0n) is 18.8. The van der Waals surface area contributed by atoms with Crippen molar-refractivity contribution < 1.29 is 19.4 Å². The second-order valence-electron chi connectivity index (χ2n) is 7.68. The van der Waals surface area contributed by atoms with Crippen LogP contribution in [0.25, 0.3) is 0 Å². The normalized spacial score (nSPS) is 11.5. The summed E-state index contributed by atoms with van der Waals surface area (Å²) in [5.41, 5.74) is 2.67. The van der Waals surface area contributed by atoms with Crippen molar-refractivity contribution in [1.29, 1.82) is 0 Å². The van der Waals surface area contributed by atoms with Crippen molar-refractivity contribution in [2.75, 3.05) is 20.3 Å². The Morgan fingerprint density at radius 2 is 1.55 bits per heavy atom. The van der Waals surface area contributed by atoms with Crippen LogP contribution in [0.5, 0.6) is 5.75 Å². The molecule has 2 amide bonds. The van der Waals surface area contributed by atoms with Gasteiger partial charge in [-0.2, -0.15) is 0 Å². The molecule has 1 unspecified atom stereocenters. The number of ether oxygens (including phenoxy) is 1. The lowest BCUT2D eigenvalue weighted by Gasteiger charge is -2.32. The number of nitrogens with zero attached hydrogens (tertiary/aromatic N) is 1. The lowest BCUT2D eigenvalue weighted by Crippen LogP contribution is -2.44. The van der Waals surface area contributed by atoms with Crippen molar-refractivity contribution in [2.24, 2.45) is 0 Å². The molecule has 2 N–H and O–H groups in total. The zero-order chi connectivity index (χ0) is 23.5. The highest BCUT2D eigenvalue weighted by atomic mass is 16.5. The van der Waals surface area contributed by atoms with Gasteiger partial charge in [0.05, 0.1) is 13.7 Å². The van der Waals surface area contributed by atoms with E-state index in [1.807, 2.05) is 84.9 Å². The summed E-state index contributed by atoms with van der Waals surface area (Å²) in [7, 11) is 1.60. The molecule has 0 aliphatic heterocycles. The molecule has 172 valence electrons. The Balaban J connectivity index is 1.91. The van der Waals surface area contributed by atoms with Gasteiger partial charge >= 0.3 is 0 Å². The number of aryl methyl sites for hydroxylation is 1. The molecule has 0 bridgehead atoms. The molecule has 6 nitrogen and oxygen atoms in total. The standard InChI is InChI=1S/C27H30N2O4/c1-33-24-15-12-22(13-16-24)20-29(25(31)17-14-21-8-4-2-5-9-21)26(27(32)28-18-19-30)23-10-6-3-7-11-23/h2-13,15-16,26,30H,14,17-20H2,1H3,(H,28,32). The molecule has 0 aliphatic rings. The highest BCUT2D eigenvalue weighted by Gasteiger charge is 2.31. The molecular weight excluding hydrogens is 416 g/mol. The first-order valence-corrected chi connectivity index (χ1v) is 11.0. The van der Waals surface area contributed by atoms with Crippen molar-refractivity contribution in [3.05, 3.63) is 102 Å². The van der Waals surface area contributed by atoms with Gasteiger partial charge in [-0.3, -0.25) is 9.59 Å². The lowest BCUT2D eigenvalue weighted by molar-refractivity contribution is -0.141. The van der Waals surface area contributed by atoms with Crippen LogP contribution in [0.2, 0.25) is 0 Å². The summed E-state index contributed by atoms with van der Waals surface area (Å²) in [4.78, 5) is 28.3. The van der Waals surface area contributed by atoms with Gasteiger partial charge in [-0.15, -0.1) is 0 Å². The molecule has 1 atom stereocenters. The highest BCUT2D eigenvalue weighted by Crippen LogP contribution is 2.25. The summed E-state index contributed by atoms with van der Waals surface area (Å²) in [6, 6.07) is 25.7. The Labute approximate surface area is 194 Å². The lowest BCUT2D eigenvalue weighted by atomic mass is 10.0. The molecule has 0 spiro atoms. The predicted octanol–water partition coefficient (Wildman–Crippen LogP) is 3.51. The van der Waals surface area contributed by atoms with Crippen LogP contribution >= 0.6 is 0 Å². The average molecular weight is 447 g/mol. The van der Waals surface area contributed by atoms with Gasteiger partial charge in [-0.05, 0) is 35.2 Å². The van der Waals surface area contributed by atoms with Gasteiger partial charge in [0.2, 0.25) is 11.8 Å². The quantitative estimate of drug-likeness (QED) is 0.473. The number of methoxy groups -OCH3 is 1. The smallest absolute Gasteiger partial charge is 0.247 e. The topological polar surface area (TPSA) is 78.9 Å². The van der Waals surface area contributed by atoms with E-state index >= 15 is 0 Å². The van der Waals surface area contributed by atoms with Gasteiger partial charge in [0, 0.05) is 19.5 Å². The number of rotatable bonds is 11. The Bertz CT molecular complexity index is 1010. The van der Waals surface area contributed by atoms with E-state index in [4.69, 9.17) is 4.74 Å².